The molecule has 0 unspecified atom stereocenters. The highest BCUT2D eigenvalue weighted by Crippen LogP contribution is 2.33. The molecule has 1 aliphatic rings. The van der Waals surface area contributed by atoms with E-state index in [0.717, 1.165) is 27.2 Å². The van der Waals surface area contributed by atoms with Crippen molar-refractivity contribution in [3.05, 3.63) is 45.1 Å². The Morgan fingerprint density at radius 1 is 1.20 bits per heavy atom. The smallest absolute Gasteiger partial charge is 0.370 e. The van der Waals surface area contributed by atoms with Crippen molar-refractivity contribution in [2.75, 3.05) is 49.6 Å². The van der Waals surface area contributed by atoms with Crippen molar-refractivity contribution in [1.29, 1.82) is 0 Å². The molecule has 1 fully saturated rings. The number of hydrogen-bond donors (Lipinski definition) is 2. The molecule has 1 aromatic heterocycles. The van der Waals surface area contributed by atoms with Crippen LogP contribution in [0, 0.1) is 5.92 Å². The van der Waals surface area contributed by atoms with E-state index in [1.165, 1.54) is 24.3 Å². The average molecular weight is 611 g/mol. The summed E-state index contributed by atoms with van der Waals surface area (Å²) in [5.74, 6) is -2.36. The molecule has 0 aliphatic carbocycles. The zero-order chi connectivity index (χ0) is 29.6. The molecule has 1 saturated heterocycles. The van der Waals surface area contributed by atoms with Gasteiger partial charge in [-0.2, -0.15) is 13.2 Å². The molecule has 3 rings (SSSR count). The molecule has 0 saturated carbocycles. The Labute approximate surface area is 236 Å². The van der Waals surface area contributed by atoms with Crippen LogP contribution in [0.25, 0.3) is 0 Å². The summed E-state index contributed by atoms with van der Waals surface area (Å²) in [7, 11) is 0. The summed E-state index contributed by atoms with van der Waals surface area (Å²) < 4.78 is 73.7. The molecular formula is C25H28ClF5N4O4S. The van der Waals surface area contributed by atoms with Crippen LogP contribution in [0.5, 0.6) is 0 Å². The Morgan fingerprint density at radius 3 is 2.50 bits per heavy atom. The van der Waals surface area contributed by atoms with E-state index < -0.39 is 55.0 Å². The van der Waals surface area contributed by atoms with E-state index in [1.807, 2.05) is 0 Å². The maximum Gasteiger partial charge on any atom is 0.401 e. The van der Waals surface area contributed by atoms with Crippen LogP contribution in [0.15, 0.2) is 30.3 Å². The first-order valence-corrected chi connectivity index (χ1v) is 13.4. The molecule has 1 atom stereocenters. The highest BCUT2D eigenvalue weighted by molar-refractivity contribution is 7.18. The van der Waals surface area contributed by atoms with Crippen LogP contribution >= 0.6 is 22.9 Å². The summed E-state index contributed by atoms with van der Waals surface area (Å²) in [6.07, 6.45) is -7.67. The third-order valence-electron chi connectivity index (χ3n) is 5.79. The number of carbonyl (C=O) groups excluding carboxylic acids is 3. The Morgan fingerprint density at radius 2 is 1.93 bits per heavy atom. The number of hydrogen-bond acceptors (Lipinski definition) is 6. The number of nitrogens with zero attached hydrogens (tertiary/aromatic N) is 2. The third-order valence-corrected chi connectivity index (χ3v) is 7.02. The lowest BCUT2D eigenvalue weighted by atomic mass is 10.1. The van der Waals surface area contributed by atoms with Gasteiger partial charge in [0.05, 0.1) is 28.1 Å². The summed E-state index contributed by atoms with van der Waals surface area (Å²) in [6.45, 7) is 1.22. The average Bonchev–Trinajstić information content (AvgIpc) is 3.29. The van der Waals surface area contributed by atoms with Crippen molar-refractivity contribution in [2.24, 2.45) is 5.92 Å². The summed E-state index contributed by atoms with van der Waals surface area (Å²) >= 11 is 6.81. The molecular weight excluding hydrogens is 583 g/mol. The van der Waals surface area contributed by atoms with Gasteiger partial charge in [-0.05, 0) is 36.2 Å². The second kappa shape index (κ2) is 13.7. The lowest BCUT2D eigenvalue weighted by Gasteiger charge is -2.33. The largest absolute Gasteiger partial charge is 0.401 e. The van der Waals surface area contributed by atoms with Crippen LogP contribution in [0.4, 0.5) is 33.3 Å². The Balaban J connectivity index is 1.88. The number of ether oxygens (including phenoxy) is 1. The van der Waals surface area contributed by atoms with Gasteiger partial charge in [-0.1, -0.05) is 25.4 Å². The van der Waals surface area contributed by atoms with E-state index in [0.29, 0.717) is 4.34 Å². The molecule has 40 heavy (non-hydrogen) atoms. The van der Waals surface area contributed by atoms with Gasteiger partial charge in [0.25, 0.3) is 18.2 Å². The van der Waals surface area contributed by atoms with Crippen LogP contribution < -0.4 is 15.5 Å². The van der Waals surface area contributed by atoms with Gasteiger partial charge in [-0.25, -0.2) is 8.78 Å². The van der Waals surface area contributed by atoms with Crippen LogP contribution in [0.1, 0.15) is 35.5 Å². The second-order valence-corrected chi connectivity index (χ2v) is 11.1. The molecule has 0 bridgehead atoms. The number of nitrogens with one attached hydrogen (secondary N) is 2. The lowest BCUT2D eigenvalue weighted by molar-refractivity contribution is -0.154. The van der Waals surface area contributed by atoms with Crippen LogP contribution in [0.2, 0.25) is 4.34 Å². The van der Waals surface area contributed by atoms with Gasteiger partial charge >= 0.3 is 6.18 Å². The zero-order valence-corrected chi connectivity index (χ0v) is 23.1. The van der Waals surface area contributed by atoms with Crippen molar-refractivity contribution in [3.63, 3.8) is 0 Å². The van der Waals surface area contributed by atoms with Crippen LogP contribution in [0.3, 0.4) is 0 Å². The van der Waals surface area contributed by atoms with Gasteiger partial charge in [-0.15, -0.1) is 11.3 Å². The number of rotatable bonds is 11. The highest BCUT2D eigenvalue weighted by atomic mass is 35.5. The minimum absolute atomic E-state index is 0.0572. The third kappa shape index (κ3) is 8.85. The molecule has 2 heterocycles. The van der Waals surface area contributed by atoms with E-state index in [2.05, 4.69) is 10.6 Å². The monoisotopic (exact) mass is 610 g/mol. The van der Waals surface area contributed by atoms with E-state index in [4.69, 9.17) is 16.3 Å². The summed E-state index contributed by atoms with van der Waals surface area (Å²) in [4.78, 5) is 40.3. The molecule has 2 N–H and O–H groups in total. The van der Waals surface area contributed by atoms with Crippen molar-refractivity contribution < 1.29 is 41.1 Å². The van der Waals surface area contributed by atoms with Gasteiger partial charge < -0.3 is 20.3 Å². The van der Waals surface area contributed by atoms with Crippen molar-refractivity contribution >= 4 is 52.0 Å². The molecule has 220 valence electrons. The fraction of sp³-hybridized carbons (Fsp3) is 0.480. The van der Waals surface area contributed by atoms with Gasteiger partial charge in [-0.3, -0.25) is 19.3 Å². The first-order valence-electron chi connectivity index (χ1n) is 12.2. The number of morpholine rings is 1. The normalized spacial score (nSPS) is 15.2. The standard InChI is InChI=1S/C25H28ClF5N4O4S/c1-14(2)11-34(13-25(29,30)31)18(10-32-24(38)19-5-6-20(26)40-19)23(37)33-15-3-4-17(16(9-15)22(27)28)35-7-8-39-12-21(35)36/h3-6,9,14,18,22H,7-8,10-13H2,1-2H3,(H,32,38)(H,33,37)/t18-/m0/s1. The Kier molecular flexibility index (Phi) is 10.9. The first kappa shape index (κ1) is 31.7. The molecule has 0 radical (unpaired) electrons. The van der Waals surface area contributed by atoms with Crippen LogP contribution in [-0.2, 0) is 14.3 Å². The molecule has 8 nitrogen and oxygen atoms in total. The predicted octanol–water partition coefficient (Wildman–Crippen LogP) is 4.96. The number of amides is 3. The zero-order valence-electron chi connectivity index (χ0n) is 21.6. The first-order chi connectivity index (χ1) is 18.7. The van der Waals surface area contributed by atoms with E-state index in [9.17, 15) is 36.3 Å². The Bertz CT molecular complexity index is 1210. The van der Waals surface area contributed by atoms with Crippen molar-refractivity contribution in [1.82, 2.24) is 10.2 Å². The number of thiophene rings is 1. The van der Waals surface area contributed by atoms with Gasteiger partial charge in [0.1, 0.15) is 12.6 Å². The fourth-order valence-electron chi connectivity index (χ4n) is 4.15. The number of benzene rings is 1. The molecule has 15 heteroatoms. The van der Waals surface area contributed by atoms with Crippen molar-refractivity contribution in [3.8, 4) is 0 Å². The van der Waals surface area contributed by atoms with E-state index >= 15 is 0 Å². The molecule has 3 amide bonds. The van der Waals surface area contributed by atoms with Gasteiger partial charge in [0.2, 0.25) is 5.91 Å². The van der Waals surface area contributed by atoms with E-state index in [1.54, 1.807) is 13.8 Å². The number of carbonyl (C=O) groups is 3. The SMILES string of the molecule is CC(C)CN(CC(F)(F)F)[C@@H](CNC(=O)c1ccc(Cl)s1)C(=O)Nc1ccc(N2CCOCC2=O)c(C(F)F)c1. The highest BCUT2D eigenvalue weighted by Gasteiger charge is 2.37. The van der Waals surface area contributed by atoms with Gasteiger partial charge in [0, 0.05) is 30.9 Å². The number of halogens is 6. The fourth-order valence-corrected chi connectivity index (χ4v) is 5.11. The topological polar surface area (TPSA) is 91.0 Å². The predicted molar refractivity (Wildman–Crippen MR) is 141 cm³/mol. The lowest BCUT2D eigenvalue weighted by Crippen LogP contribution is -2.54. The second-order valence-electron chi connectivity index (χ2n) is 9.43. The Hall–Kier alpha value is -2.81. The molecule has 1 aromatic carbocycles. The maximum absolute atomic E-state index is 13.9. The molecule has 2 aromatic rings. The summed E-state index contributed by atoms with van der Waals surface area (Å²) in [6, 6.07) is 4.90. The van der Waals surface area contributed by atoms with Gasteiger partial charge in [0.15, 0.2) is 0 Å². The summed E-state index contributed by atoms with van der Waals surface area (Å²) in [5.41, 5.74) is -0.706. The minimum Gasteiger partial charge on any atom is -0.370 e. The minimum atomic E-state index is -4.66. The number of anilines is 2. The molecule has 1 aliphatic heterocycles. The quantitative estimate of drug-likeness (QED) is 0.351. The summed E-state index contributed by atoms with van der Waals surface area (Å²) in [5, 5.41) is 4.88. The van der Waals surface area contributed by atoms with Crippen molar-refractivity contribution in [2.45, 2.75) is 32.5 Å². The van der Waals surface area contributed by atoms with Crippen LogP contribution in [-0.4, -0.2) is 74.2 Å². The van der Waals surface area contributed by atoms with E-state index in [-0.39, 0.29) is 48.5 Å². The number of alkyl halides is 5. The maximum atomic E-state index is 13.9. The molecule has 0 spiro atoms.